The summed E-state index contributed by atoms with van der Waals surface area (Å²) in [4.78, 5) is 11.7. The number of rotatable bonds is 5. The fraction of sp³-hybridized carbons (Fsp3) is 0.588. The molecule has 110 valence electrons. The van der Waals surface area contributed by atoms with Gasteiger partial charge in [0.05, 0.1) is 12.2 Å². The summed E-state index contributed by atoms with van der Waals surface area (Å²) in [5.41, 5.74) is 1.73. The summed E-state index contributed by atoms with van der Waals surface area (Å²) >= 11 is 0. The van der Waals surface area contributed by atoms with Crippen LogP contribution in [0.5, 0.6) is 0 Å². The van der Waals surface area contributed by atoms with Crippen molar-refractivity contribution in [3.05, 3.63) is 29.8 Å². The number of benzene rings is 1. The zero-order chi connectivity index (χ0) is 14.2. The number of esters is 1. The summed E-state index contributed by atoms with van der Waals surface area (Å²) in [6.45, 7) is 2.48. The SMILES string of the molecule is CCCOC(=O)c1ccc(NC2CCCCCC2)cc1. The molecule has 0 amide bonds. The van der Waals surface area contributed by atoms with Gasteiger partial charge in [0, 0.05) is 11.7 Å². The first kappa shape index (κ1) is 14.9. The van der Waals surface area contributed by atoms with Crippen molar-refractivity contribution in [2.24, 2.45) is 0 Å². The van der Waals surface area contributed by atoms with Crippen LogP contribution in [-0.4, -0.2) is 18.6 Å². The number of hydrogen-bond donors (Lipinski definition) is 1. The van der Waals surface area contributed by atoms with E-state index >= 15 is 0 Å². The third-order valence-corrected chi connectivity index (χ3v) is 3.78. The number of nitrogens with one attached hydrogen (secondary N) is 1. The first-order valence-electron chi connectivity index (χ1n) is 7.83. The molecule has 1 aliphatic carbocycles. The van der Waals surface area contributed by atoms with Gasteiger partial charge in [0.2, 0.25) is 0 Å². The second-order valence-electron chi connectivity index (χ2n) is 5.55. The molecule has 0 spiro atoms. The Labute approximate surface area is 121 Å². The summed E-state index contributed by atoms with van der Waals surface area (Å²) in [5, 5.41) is 3.58. The van der Waals surface area contributed by atoms with Crippen molar-refractivity contribution >= 4 is 11.7 Å². The fourth-order valence-corrected chi connectivity index (χ4v) is 2.64. The van der Waals surface area contributed by atoms with Crippen LogP contribution in [0.1, 0.15) is 62.2 Å². The van der Waals surface area contributed by atoms with Gasteiger partial charge in [-0.2, -0.15) is 0 Å². The molecule has 0 aromatic heterocycles. The monoisotopic (exact) mass is 275 g/mol. The Kier molecular flexibility index (Phi) is 5.90. The van der Waals surface area contributed by atoms with Crippen LogP contribution in [0.3, 0.4) is 0 Å². The molecule has 1 aromatic rings. The summed E-state index contributed by atoms with van der Waals surface area (Å²) < 4.78 is 5.12. The zero-order valence-corrected chi connectivity index (χ0v) is 12.4. The van der Waals surface area contributed by atoms with E-state index in [0.29, 0.717) is 18.2 Å². The number of carbonyl (C=O) groups is 1. The van der Waals surface area contributed by atoms with Gasteiger partial charge in [0.25, 0.3) is 0 Å². The van der Waals surface area contributed by atoms with Gasteiger partial charge in [-0.3, -0.25) is 0 Å². The van der Waals surface area contributed by atoms with Crippen LogP contribution in [0.25, 0.3) is 0 Å². The van der Waals surface area contributed by atoms with E-state index in [1.807, 2.05) is 31.2 Å². The Bertz CT molecular complexity index is 406. The van der Waals surface area contributed by atoms with Crippen molar-refractivity contribution in [3.63, 3.8) is 0 Å². The van der Waals surface area contributed by atoms with Gasteiger partial charge in [-0.15, -0.1) is 0 Å². The van der Waals surface area contributed by atoms with Crippen LogP contribution < -0.4 is 5.32 Å². The molecule has 1 aliphatic rings. The molecule has 1 fully saturated rings. The lowest BCUT2D eigenvalue weighted by Crippen LogP contribution is -2.18. The third kappa shape index (κ3) is 4.55. The second kappa shape index (κ2) is 7.93. The summed E-state index contributed by atoms with van der Waals surface area (Å²) in [5.74, 6) is -0.229. The topological polar surface area (TPSA) is 38.3 Å². The number of ether oxygens (including phenoxy) is 1. The molecule has 0 bridgehead atoms. The van der Waals surface area contributed by atoms with Crippen molar-refractivity contribution < 1.29 is 9.53 Å². The quantitative estimate of drug-likeness (QED) is 0.640. The molecule has 0 saturated heterocycles. The molecule has 0 unspecified atom stereocenters. The summed E-state index contributed by atoms with van der Waals surface area (Å²) in [7, 11) is 0. The Hall–Kier alpha value is -1.51. The number of anilines is 1. The summed E-state index contributed by atoms with van der Waals surface area (Å²) in [6, 6.07) is 8.23. The predicted octanol–water partition coefficient (Wildman–Crippen LogP) is 4.39. The van der Waals surface area contributed by atoms with Crippen LogP contribution in [0.4, 0.5) is 5.69 Å². The van der Waals surface area contributed by atoms with Gasteiger partial charge in [-0.25, -0.2) is 4.79 Å². The normalized spacial score (nSPS) is 16.4. The van der Waals surface area contributed by atoms with Crippen molar-refractivity contribution in [2.75, 3.05) is 11.9 Å². The highest BCUT2D eigenvalue weighted by molar-refractivity contribution is 5.89. The summed E-state index contributed by atoms with van der Waals surface area (Å²) in [6.07, 6.45) is 8.71. The van der Waals surface area contributed by atoms with Crippen molar-refractivity contribution in [2.45, 2.75) is 57.9 Å². The fourth-order valence-electron chi connectivity index (χ4n) is 2.64. The van der Waals surface area contributed by atoms with Crippen LogP contribution >= 0.6 is 0 Å². The van der Waals surface area contributed by atoms with Crippen LogP contribution in [0, 0.1) is 0 Å². The molecule has 3 nitrogen and oxygen atoms in total. The molecule has 1 aromatic carbocycles. The molecular formula is C17H25NO2. The number of carbonyl (C=O) groups excluding carboxylic acids is 1. The molecule has 0 aliphatic heterocycles. The van der Waals surface area contributed by atoms with E-state index in [1.165, 1.54) is 38.5 Å². The van der Waals surface area contributed by atoms with E-state index in [9.17, 15) is 4.79 Å². The molecule has 20 heavy (non-hydrogen) atoms. The van der Waals surface area contributed by atoms with Gasteiger partial charge in [-0.05, 0) is 43.5 Å². The van der Waals surface area contributed by atoms with E-state index < -0.39 is 0 Å². The van der Waals surface area contributed by atoms with Crippen LogP contribution in [-0.2, 0) is 4.74 Å². The molecule has 3 heteroatoms. The average molecular weight is 275 g/mol. The van der Waals surface area contributed by atoms with E-state index in [-0.39, 0.29) is 5.97 Å². The minimum Gasteiger partial charge on any atom is -0.462 e. The zero-order valence-electron chi connectivity index (χ0n) is 12.4. The van der Waals surface area contributed by atoms with Crippen molar-refractivity contribution in [3.8, 4) is 0 Å². The van der Waals surface area contributed by atoms with Gasteiger partial charge in [0.15, 0.2) is 0 Å². The van der Waals surface area contributed by atoms with Gasteiger partial charge in [-0.1, -0.05) is 32.6 Å². The Balaban J connectivity index is 1.88. The lowest BCUT2D eigenvalue weighted by molar-refractivity contribution is 0.0505. The Morgan fingerprint density at radius 1 is 1.15 bits per heavy atom. The third-order valence-electron chi connectivity index (χ3n) is 3.78. The van der Waals surface area contributed by atoms with Crippen molar-refractivity contribution in [1.29, 1.82) is 0 Å². The van der Waals surface area contributed by atoms with Crippen molar-refractivity contribution in [1.82, 2.24) is 0 Å². The maximum atomic E-state index is 11.7. The average Bonchev–Trinajstić information content (AvgIpc) is 2.74. The molecule has 1 saturated carbocycles. The molecule has 2 rings (SSSR count). The highest BCUT2D eigenvalue weighted by atomic mass is 16.5. The predicted molar refractivity (Wildman–Crippen MR) is 82.1 cm³/mol. The maximum Gasteiger partial charge on any atom is 0.338 e. The lowest BCUT2D eigenvalue weighted by Gasteiger charge is -2.17. The van der Waals surface area contributed by atoms with Gasteiger partial charge >= 0.3 is 5.97 Å². The first-order valence-corrected chi connectivity index (χ1v) is 7.83. The number of hydrogen-bond acceptors (Lipinski definition) is 3. The molecule has 0 radical (unpaired) electrons. The second-order valence-corrected chi connectivity index (χ2v) is 5.55. The minimum atomic E-state index is -0.229. The van der Waals surface area contributed by atoms with Crippen LogP contribution in [0.2, 0.25) is 0 Å². The van der Waals surface area contributed by atoms with E-state index in [0.717, 1.165) is 12.1 Å². The largest absolute Gasteiger partial charge is 0.462 e. The Morgan fingerprint density at radius 2 is 1.80 bits per heavy atom. The minimum absolute atomic E-state index is 0.229. The van der Waals surface area contributed by atoms with E-state index in [4.69, 9.17) is 4.74 Å². The highest BCUT2D eigenvalue weighted by Crippen LogP contribution is 2.21. The smallest absolute Gasteiger partial charge is 0.338 e. The van der Waals surface area contributed by atoms with Crippen LogP contribution in [0.15, 0.2) is 24.3 Å². The van der Waals surface area contributed by atoms with E-state index in [1.54, 1.807) is 0 Å². The Morgan fingerprint density at radius 3 is 2.40 bits per heavy atom. The van der Waals surface area contributed by atoms with Gasteiger partial charge in [0.1, 0.15) is 0 Å². The van der Waals surface area contributed by atoms with E-state index in [2.05, 4.69) is 5.32 Å². The molecular weight excluding hydrogens is 250 g/mol. The van der Waals surface area contributed by atoms with Gasteiger partial charge < -0.3 is 10.1 Å². The molecule has 0 atom stereocenters. The molecule has 1 N–H and O–H groups in total. The standard InChI is InChI=1S/C17H25NO2/c1-2-13-20-17(19)14-9-11-16(12-10-14)18-15-7-5-3-4-6-8-15/h9-12,15,18H,2-8,13H2,1H3. The first-order chi connectivity index (χ1) is 9.79. The lowest BCUT2D eigenvalue weighted by atomic mass is 10.1. The molecule has 0 heterocycles. The highest BCUT2D eigenvalue weighted by Gasteiger charge is 2.12. The maximum absolute atomic E-state index is 11.7.